The predicted molar refractivity (Wildman–Crippen MR) is 105 cm³/mol. The number of fused-ring (bicyclic) bond motifs is 1. The maximum atomic E-state index is 13.0. The molecule has 0 saturated carbocycles. The summed E-state index contributed by atoms with van der Waals surface area (Å²) in [5.74, 6) is 0.531. The molecule has 0 aromatic heterocycles. The molecule has 3 aromatic carbocycles. The average Bonchev–Trinajstić information content (AvgIpc) is 3.04. The highest BCUT2D eigenvalue weighted by atomic mass is 32.2. The van der Waals surface area contributed by atoms with Gasteiger partial charge in [0.15, 0.2) is 0 Å². The molecular formula is C21H20N2O2S. The maximum Gasteiger partial charge on any atom is 0.265 e. The monoisotopic (exact) mass is 364 g/mol. The average molecular weight is 364 g/mol. The highest BCUT2D eigenvalue weighted by Crippen LogP contribution is 2.31. The fourth-order valence-electron chi connectivity index (χ4n) is 3.32. The lowest BCUT2D eigenvalue weighted by Gasteiger charge is -2.19. The summed E-state index contributed by atoms with van der Waals surface area (Å²) >= 11 is 0. The van der Waals surface area contributed by atoms with Gasteiger partial charge < -0.3 is 0 Å². The van der Waals surface area contributed by atoms with Gasteiger partial charge in [-0.3, -0.25) is 9.30 Å². The first-order chi connectivity index (χ1) is 12.4. The fourth-order valence-corrected chi connectivity index (χ4v) is 4.79. The Bertz CT molecular complexity index is 1100. The summed E-state index contributed by atoms with van der Waals surface area (Å²) in [7, 11) is -3.59. The lowest BCUT2D eigenvalue weighted by atomic mass is 10.0. The van der Waals surface area contributed by atoms with Crippen LogP contribution in [-0.4, -0.2) is 25.1 Å². The Hall–Kier alpha value is -2.66. The zero-order valence-electron chi connectivity index (χ0n) is 14.8. The lowest BCUT2D eigenvalue weighted by molar-refractivity contribution is 0.519. The summed E-state index contributed by atoms with van der Waals surface area (Å²) in [5.41, 5.74) is 2.06. The Kier molecular flexibility index (Phi) is 4.04. The molecule has 1 aliphatic rings. The van der Waals surface area contributed by atoms with Crippen molar-refractivity contribution in [2.45, 2.75) is 24.8 Å². The summed E-state index contributed by atoms with van der Waals surface area (Å²) in [6.07, 6.45) is 0. The van der Waals surface area contributed by atoms with Crippen LogP contribution in [0.5, 0.6) is 0 Å². The zero-order valence-corrected chi connectivity index (χ0v) is 15.6. The quantitative estimate of drug-likeness (QED) is 0.695. The minimum absolute atomic E-state index is 0.181. The smallest absolute Gasteiger partial charge is 0.262 e. The standard InChI is InChI=1S/C21H20N2O2S/c1-15-7-11-20(12-8-15)26(24,25)23-14-21(22-16(23)2)19-10-9-17-5-3-4-6-18(17)13-19/h3-13,21H,14H2,1-2H3. The van der Waals surface area contributed by atoms with Crippen LogP contribution >= 0.6 is 0 Å². The van der Waals surface area contributed by atoms with Crippen LogP contribution < -0.4 is 0 Å². The van der Waals surface area contributed by atoms with Crippen LogP contribution in [0.4, 0.5) is 0 Å². The molecule has 1 heterocycles. The highest BCUT2D eigenvalue weighted by Gasteiger charge is 2.33. The van der Waals surface area contributed by atoms with Crippen molar-refractivity contribution in [2.75, 3.05) is 6.54 Å². The number of benzene rings is 3. The SMILES string of the molecule is CC1=NC(c2ccc3ccccc3c2)CN1S(=O)(=O)c1ccc(C)cc1. The van der Waals surface area contributed by atoms with Crippen molar-refractivity contribution in [3.63, 3.8) is 0 Å². The first kappa shape index (κ1) is 16.8. The summed E-state index contributed by atoms with van der Waals surface area (Å²) < 4.78 is 27.4. The van der Waals surface area contributed by atoms with E-state index in [1.165, 1.54) is 9.69 Å². The van der Waals surface area contributed by atoms with Crippen LogP contribution in [0.3, 0.4) is 0 Å². The van der Waals surface area contributed by atoms with Gasteiger partial charge in [-0.05, 0) is 48.4 Å². The topological polar surface area (TPSA) is 49.7 Å². The number of hydrogen-bond acceptors (Lipinski definition) is 3. The number of aliphatic imine (C=N–C) groups is 1. The van der Waals surface area contributed by atoms with Crippen molar-refractivity contribution in [1.29, 1.82) is 0 Å². The fraction of sp³-hybridized carbons (Fsp3) is 0.190. The van der Waals surface area contributed by atoms with E-state index in [0.717, 1.165) is 16.5 Å². The van der Waals surface area contributed by atoms with Gasteiger partial charge in [0.05, 0.1) is 17.5 Å². The van der Waals surface area contributed by atoms with E-state index < -0.39 is 10.0 Å². The molecule has 1 unspecified atom stereocenters. The normalized spacial score (nSPS) is 17.5. The van der Waals surface area contributed by atoms with Crippen LogP contribution in [0, 0.1) is 6.92 Å². The number of amidine groups is 1. The van der Waals surface area contributed by atoms with E-state index in [-0.39, 0.29) is 6.04 Å². The highest BCUT2D eigenvalue weighted by molar-refractivity contribution is 7.89. The second kappa shape index (κ2) is 6.25. The third-order valence-corrected chi connectivity index (χ3v) is 6.67. The van der Waals surface area contributed by atoms with E-state index in [9.17, 15) is 8.42 Å². The molecule has 1 aliphatic heterocycles. The van der Waals surface area contributed by atoms with Gasteiger partial charge in [-0.2, -0.15) is 0 Å². The Balaban J connectivity index is 1.65. The Labute approximate surface area is 153 Å². The van der Waals surface area contributed by atoms with Crippen LogP contribution in [0.25, 0.3) is 10.8 Å². The van der Waals surface area contributed by atoms with E-state index in [1.54, 1.807) is 19.1 Å². The van der Waals surface area contributed by atoms with Crippen LogP contribution in [0.2, 0.25) is 0 Å². The number of sulfonamides is 1. The van der Waals surface area contributed by atoms with Gasteiger partial charge in [-0.25, -0.2) is 8.42 Å². The molecule has 132 valence electrons. The molecule has 1 atom stereocenters. The van der Waals surface area contributed by atoms with Gasteiger partial charge in [-0.15, -0.1) is 0 Å². The molecule has 4 rings (SSSR count). The van der Waals surface area contributed by atoms with Gasteiger partial charge in [0, 0.05) is 0 Å². The van der Waals surface area contributed by atoms with Crippen LogP contribution in [0.1, 0.15) is 24.1 Å². The number of rotatable bonds is 3. The second-order valence-corrected chi connectivity index (χ2v) is 8.51. The molecule has 0 saturated heterocycles. The van der Waals surface area contributed by atoms with Gasteiger partial charge in [0.2, 0.25) is 0 Å². The Morgan fingerprint density at radius 3 is 2.35 bits per heavy atom. The van der Waals surface area contributed by atoms with Crippen molar-refractivity contribution in [1.82, 2.24) is 4.31 Å². The van der Waals surface area contributed by atoms with E-state index >= 15 is 0 Å². The van der Waals surface area contributed by atoms with E-state index in [2.05, 4.69) is 29.3 Å². The van der Waals surface area contributed by atoms with Gasteiger partial charge >= 0.3 is 0 Å². The third kappa shape index (κ3) is 2.88. The number of hydrogen-bond donors (Lipinski definition) is 0. The van der Waals surface area contributed by atoms with Crippen molar-refractivity contribution < 1.29 is 8.42 Å². The molecule has 0 bridgehead atoms. The number of nitrogens with zero attached hydrogens (tertiary/aromatic N) is 2. The third-order valence-electron chi connectivity index (χ3n) is 4.81. The lowest BCUT2D eigenvalue weighted by Crippen LogP contribution is -2.33. The van der Waals surface area contributed by atoms with Crippen molar-refractivity contribution >= 4 is 26.6 Å². The summed E-state index contributed by atoms with van der Waals surface area (Å²) in [6.45, 7) is 4.03. The summed E-state index contributed by atoms with van der Waals surface area (Å²) in [6, 6.07) is 21.1. The minimum Gasteiger partial charge on any atom is -0.262 e. The molecular weight excluding hydrogens is 344 g/mol. The van der Waals surface area contributed by atoms with Crippen LogP contribution in [0.15, 0.2) is 76.6 Å². The molecule has 4 nitrogen and oxygen atoms in total. The van der Waals surface area contributed by atoms with E-state index in [4.69, 9.17) is 0 Å². The molecule has 0 spiro atoms. The Morgan fingerprint density at radius 2 is 1.62 bits per heavy atom. The van der Waals surface area contributed by atoms with E-state index in [1.807, 2.05) is 37.3 Å². The first-order valence-corrected chi connectivity index (χ1v) is 10.0. The zero-order chi connectivity index (χ0) is 18.3. The van der Waals surface area contributed by atoms with Crippen LogP contribution in [-0.2, 0) is 10.0 Å². The molecule has 0 fully saturated rings. The van der Waals surface area contributed by atoms with Gasteiger partial charge in [0.25, 0.3) is 10.0 Å². The van der Waals surface area contributed by atoms with Gasteiger partial charge in [0.1, 0.15) is 5.84 Å². The molecule has 5 heteroatoms. The predicted octanol–water partition coefficient (Wildman–Crippen LogP) is 4.31. The Morgan fingerprint density at radius 1 is 0.923 bits per heavy atom. The minimum atomic E-state index is -3.59. The molecule has 0 radical (unpaired) electrons. The first-order valence-electron chi connectivity index (χ1n) is 8.58. The van der Waals surface area contributed by atoms with Crippen molar-refractivity contribution in [2.24, 2.45) is 4.99 Å². The van der Waals surface area contributed by atoms with Gasteiger partial charge in [-0.1, -0.05) is 54.1 Å². The molecule has 0 amide bonds. The summed E-state index contributed by atoms with van der Waals surface area (Å²) in [5, 5.41) is 2.30. The molecule has 26 heavy (non-hydrogen) atoms. The second-order valence-electron chi connectivity index (χ2n) is 6.65. The maximum absolute atomic E-state index is 13.0. The molecule has 0 aliphatic carbocycles. The van der Waals surface area contributed by atoms with Crippen molar-refractivity contribution in [3.05, 3.63) is 77.9 Å². The molecule has 0 N–H and O–H groups in total. The number of aryl methyl sites for hydroxylation is 1. The van der Waals surface area contributed by atoms with E-state index in [0.29, 0.717) is 17.3 Å². The molecule has 3 aromatic rings. The largest absolute Gasteiger partial charge is 0.265 e. The van der Waals surface area contributed by atoms with Crippen molar-refractivity contribution in [3.8, 4) is 0 Å². The summed E-state index contributed by atoms with van der Waals surface area (Å²) in [4.78, 5) is 4.92.